The van der Waals surface area contributed by atoms with E-state index in [-0.39, 0.29) is 0 Å². The zero-order valence-electron chi connectivity index (χ0n) is 9.19. The maximum atomic E-state index is 8.75. The summed E-state index contributed by atoms with van der Waals surface area (Å²) in [6, 6.07) is 10.6. The Kier molecular flexibility index (Phi) is 3.84. The van der Waals surface area contributed by atoms with Gasteiger partial charge in [0.05, 0.1) is 11.8 Å². The molecule has 0 aliphatic carbocycles. The van der Waals surface area contributed by atoms with E-state index in [1.54, 1.807) is 0 Å². The Morgan fingerprint density at radius 1 is 1.44 bits per heavy atom. The Labute approximate surface area is 105 Å². The van der Waals surface area contributed by atoms with Crippen molar-refractivity contribution in [2.24, 2.45) is 5.92 Å². The minimum absolute atomic E-state index is 0.533. The first-order valence-corrected chi connectivity index (χ1v) is 6.47. The van der Waals surface area contributed by atoms with Gasteiger partial charge in [0.1, 0.15) is 0 Å². The van der Waals surface area contributed by atoms with Gasteiger partial charge in [-0.3, -0.25) is 0 Å². The van der Waals surface area contributed by atoms with Gasteiger partial charge in [-0.2, -0.15) is 5.26 Å². The van der Waals surface area contributed by atoms with Crippen molar-refractivity contribution in [2.75, 3.05) is 18.0 Å². The fraction of sp³-hybridized carbons (Fsp3) is 0.462. The molecule has 1 aliphatic rings. The van der Waals surface area contributed by atoms with E-state index in [2.05, 4.69) is 45.1 Å². The van der Waals surface area contributed by atoms with Gasteiger partial charge >= 0.3 is 0 Å². The third-order valence-corrected chi connectivity index (χ3v) is 3.76. The summed E-state index contributed by atoms with van der Waals surface area (Å²) in [7, 11) is 0. The quantitative estimate of drug-likeness (QED) is 0.827. The lowest BCUT2D eigenvalue weighted by atomic mass is 9.95. The molecule has 0 radical (unpaired) electrons. The average molecular weight is 279 g/mol. The molecule has 0 N–H and O–H groups in total. The van der Waals surface area contributed by atoms with E-state index in [0.717, 1.165) is 17.6 Å². The minimum atomic E-state index is 0.533. The number of halogens is 1. The smallest absolute Gasteiger partial charge is 0.0625 e. The molecule has 1 saturated heterocycles. The fourth-order valence-corrected chi connectivity index (χ4v) is 2.82. The first-order valence-electron chi connectivity index (χ1n) is 5.67. The number of para-hydroxylation sites is 1. The van der Waals surface area contributed by atoms with Crippen LogP contribution in [0.25, 0.3) is 0 Å². The van der Waals surface area contributed by atoms with E-state index in [1.165, 1.54) is 18.5 Å². The van der Waals surface area contributed by atoms with Crippen LogP contribution in [0.2, 0.25) is 0 Å². The number of rotatable bonds is 2. The van der Waals surface area contributed by atoms with Gasteiger partial charge in [0.15, 0.2) is 0 Å². The van der Waals surface area contributed by atoms with Crippen molar-refractivity contribution in [3.05, 3.63) is 28.7 Å². The molecule has 1 atom stereocenters. The van der Waals surface area contributed by atoms with Crippen LogP contribution >= 0.6 is 15.9 Å². The lowest BCUT2D eigenvalue weighted by molar-refractivity contribution is 0.421. The number of anilines is 1. The van der Waals surface area contributed by atoms with Gasteiger partial charge in [-0.15, -0.1) is 0 Å². The van der Waals surface area contributed by atoms with E-state index >= 15 is 0 Å². The van der Waals surface area contributed by atoms with Crippen molar-refractivity contribution in [3.8, 4) is 6.07 Å². The van der Waals surface area contributed by atoms with E-state index in [1.807, 2.05) is 6.07 Å². The fourth-order valence-electron chi connectivity index (χ4n) is 2.29. The molecule has 1 aromatic rings. The molecular formula is C13H15BrN2. The number of piperidine rings is 1. The normalized spacial score (nSPS) is 20.5. The summed E-state index contributed by atoms with van der Waals surface area (Å²) in [6.07, 6.45) is 3.06. The number of benzene rings is 1. The molecule has 84 valence electrons. The highest BCUT2D eigenvalue weighted by Crippen LogP contribution is 2.30. The molecule has 1 heterocycles. The number of hydrogen-bond acceptors (Lipinski definition) is 2. The average Bonchev–Trinajstić information content (AvgIpc) is 2.30. The maximum absolute atomic E-state index is 8.75. The summed E-state index contributed by atoms with van der Waals surface area (Å²) < 4.78 is 1.15. The van der Waals surface area contributed by atoms with Gasteiger partial charge in [-0.25, -0.2) is 0 Å². The lowest BCUT2D eigenvalue weighted by Gasteiger charge is -2.34. The molecule has 0 bridgehead atoms. The Balaban J connectivity index is 2.10. The van der Waals surface area contributed by atoms with Gasteiger partial charge in [0.2, 0.25) is 0 Å². The minimum Gasteiger partial charge on any atom is -0.370 e. The van der Waals surface area contributed by atoms with E-state index in [0.29, 0.717) is 12.3 Å². The molecular weight excluding hydrogens is 264 g/mol. The predicted molar refractivity (Wildman–Crippen MR) is 69.3 cm³/mol. The molecule has 3 heteroatoms. The topological polar surface area (TPSA) is 27.0 Å². The summed E-state index contributed by atoms with van der Waals surface area (Å²) in [5, 5.41) is 8.75. The van der Waals surface area contributed by atoms with Crippen LogP contribution in [-0.4, -0.2) is 13.1 Å². The largest absolute Gasteiger partial charge is 0.370 e. The van der Waals surface area contributed by atoms with Crippen molar-refractivity contribution < 1.29 is 0 Å². The third kappa shape index (κ3) is 2.56. The third-order valence-electron chi connectivity index (χ3n) is 3.09. The molecule has 2 nitrogen and oxygen atoms in total. The summed E-state index contributed by atoms with van der Waals surface area (Å²) in [5.74, 6) is 0.533. The van der Waals surface area contributed by atoms with Gasteiger partial charge in [0, 0.05) is 24.0 Å². The maximum Gasteiger partial charge on any atom is 0.0625 e. The summed E-state index contributed by atoms with van der Waals surface area (Å²) in [5.41, 5.74) is 1.25. The molecule has 1 fully saturated rings. The Morgan fingerprint density at radius 3 is 3.00 bits per heavy atom. The summed E-state index contributed by atoms with van der Waals surface area (Å²) in [4.78, 5) is 2.38. The van der Waals surface area contributed by atoms with E-state index in [4.69, 9.17) is 5.26 Å². The number of nitriles is 1. The van der Waals surface area contributed by atoms with Crippen molar-refractivity contribution in [1.29, 1.82) is 5.26 Å². The van der Waals surface area contributed by atoms with Crippen molar-refractivity contribution in [3.63, 3.8) is 0 Å². The molecule has 0 saturated carbocycles. The lowest BCUT2D eigenvalue weighted by Crippen LogP contribution is -2.35. The van der Waals surface area contributed by atoms with Crippen LogP contribution in [0.15, 0.2) is 28.7 Å². The molecule has 0 amide bonds. The SMILES string of the molecule is N#CCC1CCCN(c2ccccc2Br)C1. The van der Waals surface area contributed by atoms with Crippen molar-refractivity contribution >= 4 is 21.6 Å². The number of hydrogen-bond donors (Lipinski definition) is 0. The molecule has 1 unspecified atom stereocenters. The Bertz CT molecular complexity index is 397. The first-order chi connectivity index (χ1) is 7.81. The molecule has 16 heavy (non-hydrogen) atoms. The summed E-state index contributed by atoms with van der Waals surface area (Å²) in [6.45, 7) is 2.11. The van der Waals surface area contributed by atoms with Crippen LogP contribution in [0.3, 0.4) is 0 Å². The van der Waals surface area contributed by atoms with Gasteiger partial charge < -0.3 is 4.90 Å². The molecule has 1 aliphatic heterocycles. The highest BCUT2D eigenvalue weighted by molar-refractivity contribution is 9.10. The van der Waals surface area contributed by atoms with Crippen LogP contribution in [0.5, 0.6) is 0 Å². The van der Waals surface area contributed by atoms with Crippen LogP contribution in [0.4, 0.5) is 5.69 Å². The monoisotopic (exact) mass is 278 g/mol. The molecule has 2 rings (SSSR count). The highest BCUT2D eigenvalue weighted by atomic mass is 79.9. The first kappa shape index (κ1) is 11.5. The van der Waals surface area contributed by atoms with Crippen LogP contribution in [0, 0.1) is 17.2 Å². The second-order valence-corrected chi connectivity index (χ2v) is 5.12. The Hall–Kier alpha value is -1.01. The van der Waals surface area contributed by atoms with Crippen LogP contribution in [0.1, 0.15) is 19.3 Å². The van der Waals surface area contributed by atoms with Crippen molar-refractivity contribution in [1.82, 2.24) is 0 Å². The van der Waals surface area contributed by atoms with Gasteiger partial charge in [-0.05, 0) is 46.8 Å². The van der Waals surface area contributed by atoms with E-state index < -0.39 is 0 Å². The molecule has 0 spiro atoms. The molecule has 0 aromatic heterocycles. The van der Waals surface area contributed by atoms with Crippen molar-refractivity contribution in [2.45, 2.75) is 19.3 Å². The highest BCUT2D eigenvalue weighted by Gasteiger charge is 2.20. The zero-order valence-corrected chi connectivity index (χ0v) is 10.8. The predicted octanol–water partition coefficient (Wildman–Crippen LogP) is 3.58. The molecule has 1 aromatic carbocycles. The van der Waals surface area contributed by atoms with Crippen LogP contribution < -0.4 is 4.90 Å². The summed E-state index contributed by atoms with van der Waals surface area (Å²) >= 11 is 3.58. The standard InChI is InChI=1S/C13H15BrN2/c14-12-5-1-2-6-13(12)16-9-3-4-11(10-16)7-8-15/h1-2,5-6,11H,3-4,7,9-10H2. The van der Waals surface area contributed by atoms with Gasteiger partial charge in [-0.1, -0.05) is 12.1 Å². The second kappa shape index (κ2) is 5.36. The second-order valence-electron chi connectivity index (χ2n) is 4.27. The number of nitrogens with zero attached hydrogens (tertiary/aromatic N) is 2. The van der Waals surface area contributed by atoms with Gasteiger partial charge in [0.25, 0.3) is 0 Å². The zero-order chi connectivity index (χ0) is 11.4. The van der Waals surface area contributed by atoms with E-state index in [9.17, 15) is 0 Å². The Morgan fingerprint density at radius 2 is 2.25 bits per heavy atom. The van der Waals surface area contributed by atoms with Crippen LogP contribution in [-0.2, 0) is 0 Å².